The Labute approximate surface area is 147 Å². The molecule has 128 valence electrons. The third-order valence-corrected chi connectivity index (χ3v) is 4.35. The summed E-state index contributed by atoms with van der Waals surface area (Å²) in [4.78, 5) is 26.0. The predicted octanol–water partition coefficient (Wildman–Crippen LogP) is 2.93. The molecule has 2 N–H and O–H groups in total. The fraction of sp³-hybridized carbons (Fsp3) is 0.200. The van der Waals surface area contributed by atoms with E-state index in [1.807, 2.05) is 54.6 Å². The summed E-state index contributed by atoms with van der Waals surface area (Å²) in [5.74, 6) is -0.648. The molecule has 1 heterocycles. The van der Waals surface area contributed by atoms with Gasteiger partial charge in [-0.15, -0.1) is 0 Å². The average molecular weight is 335 g/mol. The first-order chi connectivity index (χ1) is 12.0. The maximum atomic E-state index is 12.6. The molecule has 3 amide bonds. The van der Waals surface area contributed by atoms with Gasteiger partial charge in [-0.2, -0.15) is 0 Å². The molecule has 0 radical (unpaired) electrons. The van der Waals surface area contributed by atoms with E-state index in [1.165, 1.54) is 4.90 Å². The van der Waals surface area contributed by atoms with Crippen LogP contribution in [-0.2, 0) is 4.79 Å². The van der Waals surface area contributed by atoms with E-state index in [1.54, 1.807) is 14.1 Å². The van der Waals surface area contributed by atoms with Gasteiger partial charge in [-0.05, 0) is 16.7 Å². The predicted molar refractivity (Wildman–Crippen MR) is 97.6 cm³/mol. The zero-order valence-electron chi connectivity index (χ0n) is 14.3. The Bertz CT molecular complexity index is 797. The number of carbonyl (C=O) groups is 2. The van der Waals surface area contributed by atoms with Gasteiger partial charge in [0.25, 0.3) is 0 Å². The Kier molecular flexibility index (Phi) is 4.57. The topological polar surface area (TPSA) is 61.4 Å². The van der Waals surface area contributed by atoms with Gasteiger partial charge < -0.3 is 15.5 Å². The highest BCUT2D eigenvalue weighted by Gasteiger charge is 2.38. The van der Waals surface area contributed by atoms with E-state index in [9.17, 15) is 9.59 Å². The molecule has 0 spiro atoms. The molecular formula is C20H21N3O2. The van der Waals surface area contributed by atoms with Crippen molar-refractivity contribution in [1.82, 2.24) is 15.5 Å². The normalized spacial score (nSPS) is 19.8. The van der Waals surface area contributed by atoms with Crippen molar-refractivity contribution in [2.75, 3.05) is 14.1 Å². The summed E-state index contributed by atoms with van der Waals surface area (Å²) < 4.78 is 0. The Morgan fingerprint density at radius 2 is 1.60 bits per heavy atom. The summed E-state index contributed by atoms with van der Waals surface area (Å²) in [6.07, 6.45) is 0. The smallest absolute Gasteiger partial charge is 0.319 e. The average Bonchev–Trinajstić information content (AvgIpc) is 2.61. The van der Waals surface area contributed by atoms with Gasteiger partial charge in [-0.1, -0.05) is 61.2 Å². The van der Waals surface area contributed by atoms with Crippen LogP contribution >= 0.6 is 0 Å². The summed E-state index contributed by atoms with van der Waals surface area (Å²) in [6, 6.07) is 17.2. The minimum absolute atomic E-state index is 0.102. The first kappa shape index (κ1) is 16.8. The highest BCUT2D eigenvalue weighted by molar-refractivity contribution is 5.88. The second-order valence-corrected chi connectivity index (χ2v) is 6.30. The molecule has 0 aromatic heterocycles. The highest BCUT2D eigenvalue weighted by Crippen LogP contribution is 2.31. The molecule has 5 nitrogen and oxygen atoms in total. The highest BCUT2D eigenvalue weighted by atomic mass is 16.2. The maximum absolute atomic E-state index is 12.6. The van der Waals surface area contributed by atoms with Crippen molar-refractivity contribution in [3.63, 3.8) is 0 Å². The molecule has 2 aromatic carbocycles. The second kappa shape index (κ2) is 6.81. The molecule has 1 aliphatic rings. The van der Waals surface area contributed by atoms with Crippen LogP contribution in [0.15, 0.2) is 66.9 Å². The largest absolute Gasteiger partial charge is 0.348 e. The fourth-order valence-corrected chi connectivity index (χ4v) is 3.04. The van der Waals surface area contributed by atoms with Gasteiger partial charge in [0.1, 0.15) is 5.92 Å². The van der Waals surface area contributed by atoms with Gasteiger partial charge in [0, 0.05) is 19.8 Å². The number of carbonyl (C=O) groups excluding carboxylic acids is 2. The summed E-state index contributed by atoms with van der Waals surface area (Å²) in [5, 5.41) is 5.46. The lowest BCUT2D eigenvalue weighted by molar-refractivity contribution is -0.132. The van der Waals surface area contributed by atoms with Crippen molar-refractivity contribution in [1.29, 1.82) is 0 Å². The van der Waals surface area contributed by atoms with E-state index in [2.05, 4.69) is 17.2 Å². The van der Waals surface area contributed by atoms with Crippen molar-refractivity contribution in [2.24, 2.45) is 5.92 Å². The summed E-state index contributed by atoms with van der Waals surface area (Å²) >= 11 is 0. The molecule has 0 aliphatic carbocycles. The van der Waals surface area contributed by atoms with Crippen molar-refractivity contribution in [2.45, 2.75) is 6.04 Å². The van der Waals surface area contributed by atoms with Crippen LogP contribution in [0.4, 0.5) is 4.79 Å². The molecule has 1 aliphatic heterocycles. The molecule has 0 bridgehead atoms. The van der Waals surface area contributed by atoms with Crippen LogP contribution in [0, 0.1) is 5.92 Å². The van der Waals surface area contributed by atoms with E-state index in [0.29, 0.717) is 5.70 Å². The van der Waals surface area contributed by atoms with Crippen molar-refractivity contribution in [3.8, 4) is 11.1 Å². The minimum Gasteiger partial charge on any atom is -0.348 e. The SMILES string of the molecule is C=C1NC(=O)N[C@H](c2ccc(-c3ccccc3)cc2)[C@H]1C(=O)N(C)C. The number of benzene rings is 2. The quantitative estimate of drug-likeness (QED) is 0.906. The minimum atomic E-state index is -0.546. The molecule has 25 heavy (non-hydrogen) atoms. The van der Waals surface area contributed by atoms with Crippen molar-refractivity contribution >= 4 is 11.9 Å². The van der Waals surface area contributed by atoms with Crippen molar-refractivity contribution in [3.05, 3.63) is 72.4 Å². The van der Waals surface area contributed by atoms with E-state index in [4.69, 9.17) is 0 Å². The number of amides is 3. The van der Waals surface area contributed by atoms with Crippen LogP contribution in [0.1, 0.15) is 11.6 Å². The van der Waals surface area contributed by atoms with E-state index in [0.717, 1.165) is 16.7 Å². The number of hydrogen-bond donors (Lipinski definition) is 2. The van der Waals surface area contributed by atoms with Gasteiger partial charge in [0.2, 0.25) is 5.91 Å². The number of nitrogens with one attached hydrogen (secondary N) is 2. The maximum Gasteiger partial charge on any atom is 0.319 e. The van der Waals surface area contributed by atoms with Crippen LogP contribution < -0.4 is 10.6 Å². The molecule has 0 unspecified atom stereocenters. The zero-order valence-corrected chi connectivity index (χ0v) is 14.3. The number of urea groups is 1. The first-order valence-electron chi connectivity index (χ1n) is 8.10. The third-order valence-electron chi connectivity index (χ3n) is 4.35. The lowest BCUT2D eigenvalue weighted by Gasteiger charge is -2.35. The third kappa shape index (κ3) is 3.40. The number of hydrogen-bond acceptors (Lipinski definition) is 2. The molecule has 2 atom stereocenters. The molecule has 2 aromatic rings. The monoisotopic (exact) mass is 335 g/mol. The number of nitrogens with zero attached hydrogens (tertiary/aromatic N) is 1. The van der Waals surface area contributed by atoms with Crippen molar-refractivity contribution < 1.29 is 9.59 Å². The van der Waals surface area contributed by atoms with E-state index >= 15 is 0 Å². The van der Waals surface area contributed by atoms with Crippen LogP contribution in [0.3, 0.4) is 0 Å². The Morgan fingerprint density at radius 3 is 2.20 bits per heavy atom. The van der Waals surface area contributed by atoms with Crippen LogP contribution in [0.2, 0.25) is 0 Å². The lowest BCUT2D eigenvalue weighted by Crippen LogP contribution is -2.52. The summed E-state index contributed by atoms with van der Waals surface area (Å²) in [7, 11) is 3.39. The molecule has 0 saturated carbocycles. The summed E-state index contributed by atoms with van der Waals surface area (Å²) in [5.41, 5.74) is 3.49. The van der Waals surface area contributed by atoms with Gasteiger partial charge >= 0.3 is 6.03 Å². The number of rotatable bonds is 3. The van der Waals surface area contributed by atoms with E-state index < -0.39 is 12.0 Å². The van der Waals surface area contributed by atoms with Crippen LogP contribution in [0.25, 0.3) is 11.1 Å². The fourth-order valence-electron chi connectivity index (χ4n) is 3.04. The van der Waals surface area contributed by atoms with Crippen LogP contribution in [0.5, 0.6) is 0 Å². The Hall–Kier alpha value is -3.08. The standard InChI is InChI=1S/C20H21N3O2/c1-13-17(19(24)23(2)3)18(22-20(25)21-13)16-11-9-15(10-12-16)14-7-5-4-6-8-14/h4-12,17-18H,1H2,2-3H3,(H2,21,22,25)/t17-,18+/m0/s1. The Morgan fingerprint density at radius 1 is 1.00 bits per heavy atom. The van der Waals surface area contributed by atoms with Crippen LogP contribution in [-0.4, -0.2) is 30.9 Å². The summed E-state index contributed by atoms with van der Waals surface area (Å²) in [6.45, 7) is 3.87. The Balaban J connectivity index is 1.93. The first-order valence-corrected chi connectivity index (χ1v) is 8.10. The molecule has 1 fully saturated rings. The molecule has 3 rings (SSSR count). The van der Waals surface area contributed by atoms with E-state index in [-0.39, 0.29) is 11.9 Å². The zero-order chi connectivity index (χ0) is 18.0. The van der Waals surface area contributed by atoms with Gasteiger partial charge in [0.15, 0.2) is 0 Å². The molecular weight excluding hydrogens is 314 g/mol. The van der Waals surface area contributed by atoms with Gasteiger partial charge in [0.05, 0.1) is 6.04 Å². The second-order valence-electron chi connectivity index (χ2n) is 6.30. The van der Waals surface area contributed by atoms with Gasteiger partial charge in [-0.25, -0.2) is 4.79 Å². The van der Waals surface area contributed by atoms with Gasteiger partial charge in [-0.3, -0.25) is 4.79 Å². The molecule has 1 saturated heterocycles. The molecule has 5 heteroatoms. The lowest BCUT2D eigenvalue weighted by atomic mass is 9.87.